The average Bonchev–Trinajstić information content (AvgIpc) is 2.73. The predicted octanol–water partition coefficient (Wildman–Crippen LogP) is 7.27. The molecule has 0 spiro atoms. The molecule has 5 aromatic rings. The Balaban J connectivity index is 1.92. The van der Waals surface area contributed by atoms with Crippen LogP contribution in [0.5, 0.6) is 0 Å². The Morgan fingerprint density at radius 3 is 1.93 bits per heavy atom. The Morgan fingerprint density at radius 1 is 0.643 bits per heavy atom. The smallest absolute Gasteiger partial charge is 0.336 e. The van der Waals surface area contributed by atoms with Crippen LogP contribution in [-0.2, 0) is 0 Å². The van der Waals surface area contributed by atoms with E-state index >= 15 is 0 Å². The molecule has 3 heteroatoms. The lowest BCUT2D eigenvalue weighted by molar-refractivity contribution is 0.0697. The number of hydrogen-bond acceptors (Lipinski definition) is 1. The third-order valence-corrected chi connectivity index (χ3v) is 5.76. The summed E-state index contributed by atoms with van der Waals surface area (Å²) in [6.07, 6.45) is 0. The van der Waals surface area contributed by atoms with E-state index in [0.717, 1.165) is 31.8 Å². The van der Waals surface area contributed by atoms with Gasteiger partial charge in [0, 0.05) is 4.47 Å². The predicted molar refractivity (Wildman–Crippen MR) is 119 cm³/mol. The highest BCUT2D eigenvalue weighted by molar-refractivity contribution is 9.10. The minimum atomic E-state index is -0.913. The molecule has 2 nitrogen and oxygen atoms in total. The Bertz CT molecular complexity index is 1380. The van der Waals surface area contributed by atoms with Crippen LogP contribution in [-0.4, -0.2) is 11.1 Å². The van der Waals surface area contributed by atoms with Gasteiger partial charge in [-0.15, -0.1) is 0 Å². The van der Waals surface area contributed by atoms with Crippen molar-refractivity contribution in [2.45, 2.75) is 0 Å². The summed E-state index contributed by atoms with van der Waals surface area (Å²) in [5.41, 5.74) is 1.96. The van der Waals surface area contributed by atoms with Gasteiger partial charge >= 0.3 is 5.97 Å². The second-order valence-electron chi connectivity index (χ2n) is 6.85. The van der Waals surface area contributed by atoms with E-state index in [0.29, 0.717) is 5.56 Å². The molecular formula is C25H15BrO2. The van der Waals surface area contributed by atoms with E-state index < -0.39 is 5.97 Å². The largest absolute Gasteiger partial charge is 0.478 e. The van der Waals surface area contributed by atoms with Gasteiger partial charge in [0.15, 0.2) is 0 Å². The zero-order valence-corrected chi connectivity index (χ0v) is 16.4. The summed E-state index contributed by atoms with van der Waals surface area (Å²) in [4.78, 5) is 11.7. The first-order valence-electron chi connectivity index (χ1n) is 9.00. The second kappa shape index (κ2) is 6.47. The number of aromatic carboxylic acids is 1. The molecule has 0 radical (unpaired) electrons. The minimum absolute atomic E-state index is 0.316. The van der Waals surface area contributed by atoms with Crippen LogP contribution in [0.2, 0.25) is 0 Å². The van der Waals surface area contributed by atoms with E-state index in [1.54, 1.807) is 12.1 Å². The van der Waals surface area contributed by atoms with Crippen molar-refractivity contribution in [2.75, 3.05) is 0 Å². The van der Waals surface area contributed by atoms with E-state index in [-0.39, 0.29) is 0 Å². The molecule has 0 heterocycles. The van der Waals surface area contributed by atoms with Crippen LogP contribution in [0, 0.1) is 0 Å². The lowest BCUT2D eigenvalue weighted by Gasteiger charge is -2.13. The number of fused-ring (bicyclic) bond motifs is 6. The Hall–Kier alpha value is -3.17. The third-order valence-electron chi connectivity index (χ3n) is 5.27. The molecule has 1 N–H and O–H groups in total. The van der Waals surface area contributed by atoms with Crippen LogP contribution in [0.3, 0.4) is 0 Å². The van der Waals surface area contributed by atoms with E-state index in [1.807, 2.05) is 24.3 Å². The van der Waals surface area contributed by atoms with Crippen molar-refractivity contribution < 1.29 is 9.90 Å². The highest BCUT2D eigenvalue weighted by Gasteiger charge is 2.13. The second-order valence-corrected chi connectivity index (χ2v) is 7.76. The van der Waals surface area contributed by atoms with Gasteiger partial charge in [-0.05, 0) is 67.7 Å². The standard InChI is InChI=1S/C25H15BrO2/c26-16-10-12-21-20-11-9-15(17-5-1-4-8-22(17)25(27)28)13-23(20)18-6-2-3-7-19(18)24(21)14-16/h1-14H,(H,27,28). The molecule has 5 rings (SSSR count). The van der Waals surface area contributed by atoms with Gasteiger partial charge in [0.25, 0.3) is 0 Å². The van der Waals surface area contributed by atoms with Crippen LogP contribution >= 0.6 is 15.9 Å². The summed E-state index contributed by atoms with van der Waals surface area (Å²) in [6.45, 7) is 0. The van der Waals surface area contributed by atoms with Crippen LogP contribution in [0.1, 0.15) is 10.4 Å². The zero-order valence-electron chi connectivity index (χ0n) is 14.8. The Kier molecular flexibility index (Phi) is 3.92. The van der Waals surface area contributed by atoms with Gasteiger partial charge in [0.1, 0.15) is 0 Å². The lowest BCUT2D eigenvalue weighted by atomic mass is 9.91. The van der Waals surface area contributed by atoms with Gasteiger partial charge in [-0.1, -0.05) is 76.6 Å². The molecule has 0 saturated heterocycles. The SMILES string of the molecule is O=C(O)c1ccccc1-c1ccc2c3ccc(Br)cc3c3ccccc3c2c1. The minimum Gasteiger partial charge on any atom is -0.478 e. The number of halogens is 1. The first-order valence-corrected chi connectivity index (χ1v) is 9.79. The maximum Gasteiger partial charge on any atom is 0.336 e. The highest BCUT2D eigenvalue weighted by atomic mass is 79.9. The van der Waals surface area contributed by atoms with Gasteiger partial charge in [0.2, 0.25) is 0 Å². The van der Waals surface area contributed by atoms with Crippen LogP contribution in [0.15, 0.2) is 89.4 Å². The van der Waals surface area contributed by atoms with Crippen molar-refractivity contribution in [3.63, 3.8) is 0 Å². The average molecular weight is 427 g/mol. The summed E-state index contributed by atoms with van der Waals surface area (Å²) in [5, 5.41) is 16.6. The van der Waals surface area contributed by atoms with Gasteiger partial charge < -0.3 is 5.11 Å². The molecule has 0 fully saturated rings. The number of carboxylic acid groups (broad SMARTS) is 1. The van der Waals surface area contributed by atoms with Crippen LogP contribution < -0.4 is 0 Å². The van der Waals surface area contributed by atoms with Gasteiger partial charge in [0.05, 0.1) is 5.56 Å². The van der Waals surface area contributed by atoms with E-state index in [1.165, 1.54) is 16.2 Å². The quantitative estimate of drug-likeness (QED) is 0.301. The monoisotopic (exact) mass is 426 g/mol. The van der Waals surface area contributed by atoms with E-state index in [2.05, 4.69) is 64.5 Å². The number of carbonyl (C=O) groups is 1. The molecule has 0 bridgehead atoms. The summed E-state index contributed by atoms with van der Waals surface area (Å²) in [6, 6.07) is 28.1. The zero-order chi connectivity index (χ0) is 19.3. The lowest BCUT2D eigenvalue weighted by Crippen LogP contribution is -1.99. The first-order chi connectivity index (χ1) is 13.6. The summed E-state index contributed by atoms with van der Waals surface area (Å²) >= 11 is 3.59. The molecule has 5 aromatic carbocycles. The number of rotatable bonds is 2. The maximum atomic E-state index is 11.7. The molecule has 0 atom stereocenters. The molecule has 0 saturated carbocycles. The van der Waals surface area contributed by atoms with Crippen molar-refractivity contribution in [3.05, 3.63) is 95.0 Å². The highest BCUT2D eigenvalue weighted by Crippen LogP contribution is 2.38. The van der Waals surface area contributed by atoms with Gasteiger partial charge in [-0.2, -0.15) is 0 Å². The number of hydrogen-bond donors (Lipinski definition) is 1. The molecule has 0 aliphatic rings. The molecule has 134 valence electrons. The van der Waals surface area contributed by atoms with Crippen molar-refractivity contribution in [1.29, 1.82) is 0 Å². The topological polar surface area (TPSA) is 37.3 Å². The Morgan fingerprint density at radius 2 is 1.21 bits per heavy atom. The van der Waals surface area contributed by atoms with Crippen LogP contribution in [0.25, 0.3) is 43.4 Å². The van der Waals surface area contributed by atoms with Crippen molar-refractivity contribution in [3.8, 4) is 11.1 Å². The third kappa shape index (κ3) is 2.59. The molecule has 0 aliphatic carbocycles. The Labute approximate surface area is 170 Å². The van der Waals surface area contributed by atoms with Gasteiger partial charge in [-0.3, -0.25) is 0 Å². The van der Waals surface area contributed by atoms with Crippen LogP contribution in [0.4, 0.5) is 0 Å². The van der Waals surface area contributed by atoms with Gasteiger partial charge in [-0.25, -0.2) is 4.79 Å². The molecule has 0 amide bonds. The molecule has 0 aromatic heterocycles. The summed E-state index contributed by atoms with van der Waals surface area (Å²) in [7, 11) is 0. The van der Waals surface area contributed by atoms with Crippen molar-refractivity contribution in [2.24, 2.45) is 0 Å². The summed E-state index contributed by atoms with van der Waals surface area (Å²) in [5.74, 6) is -0.913. The normalized spacial score (nSPS) is 11.3. The number of carboxylic acids is 1. The summed E-state index contributed by atoms with van der Waals surface area (Å²) < 4.78 is 1.05. The molecular weight excluding hydrogens is 412 g/mol. The van der Waals surface area contributed by atoms with E-state index in [9.17, 15) is 9.90 Å². The van der Waals surface area contributed by atoms with E-state index in [4.69, 9.17) is 0 Å². The first kappa shape index (κ1) is 17.0. The molecule has 0 aliphatic heterocycles. The molecule has 0 unspecified atom stereocenters. The molecule has 28 heavy (non-hydrogen) atoms. The number of benzene rings is 5. The van der Waals surface area contributed by atoms with Crippen molar-refractivity contribution >= 4 is 54.2 Å². The fourth-order valence-electron chi connectivity index (χ4n) is 4.02. The fourth-order valence-corrected chi connectivity index (χ4v) is 4.38. The fraction of sp³-hybridized carbons (Fsp3) is 0. The maximum absolute atomic E-state index is 11.7. The van der Waals surface area contributed by atoms with Crippen molar-refractivity contribution in [1.82, 2.24) is 0 Å².